The van der Waals surface area contributed by atoms with Crippen LogP contribution in [0, 0.1) is 6.92 Å². The summed E-state index contributed by atoms with van der Waals surface area (Å²) < 4.78 is 2.03. The third-order valence-electron chi connectivity index (χ3n) is 3.19. The Kier molecular flexibility index (Phi) is 4.76. The van der Waals surface area contributed by atoms with Gasteiger partial charge in [0.1, 0.15) is 0 Å². The molecular formula is C15H20N4O. The van der Waals surface area contributed by atoms with Crippen LogP contribution in [-0.4, -0.2) is 22.0 Å². The molecule has 106 valence electrons. The highest BCUT2D eigenvalue weighted by atomic mass is 16.1. The molecule has 20 heavy (non-hydrogen) atoms. The lowest BCUT2D eigenvalue weighted by molar-refractivity contribution is 0.0952. The summed E-state index contributed by atoms with van der Waals surface area (Å²) in [5.74, 6) is -0.0579. The van der Waals surface area contributed by atoms with E-state index in [1.807, 2.05) is 23.8 Å². The zero-order valence-corrected chi connectivity index (χ0v) is 11.7. The van der Waals surface area contributed by atoms with Crippen molar-refractivity contribution in [3.63, 3.8) is 0 Å². The van der Waals surface area contributed by atoms with Crippen molar-refractivity contribution in [3.05, 3.63) is 48.0 Å². The number of aromatic nitrogens is 2. The third-order valence-corrected chi connectivity index (χ3v) is 3.19. The van der Waals surface area contributed by atoms with Crippen molar-refractivity contribution in [3.8, 4) is 0 Å². The van der Waals surface area contributed by atoms with E-state index in [4.69, 9.17) is 5.73 Å². The summed E-state index contributed by atoms with van der Waals surface area (Å²) in [4.78, 5) is 16.0. The summed E-state index contributed by atoms with van der Waals surface area (Å²) in [7, 11) is 0. The fourth-order valence-corrected chi connectivity index (χ4v) is 2.02. The minimum absolute atomic E-state index is 0.0579. The van der Waals surface area contributed by atoms with Gasteiger partial charge in [0.25, 0.3) is 5.91 Å². The van der Waals surface area contributed by atoms with E-state index in [0.717, 1.165) is 24.9 Å². The lowest BCUT2D eigenvalue weighted by Crippen LogP contribution is -2.25. The maximum absolute atomic E-state index is 12.0. The summed E-state index contributed by atoms with van der Waals surface area (Å²) in [6.07, 6.45) is 7.45. The first-order valence-corrected chi connectivity index (χ1v) is 6.77. The zero-order valence-electron chi connectivity index (χ0n) is 11.7. The monoisotopic (exact) mass is 272 g/mol. The number of anilines is 1. The molecule has 0 aliphatic rings. The summed E-state index contributed by atoms with van der Waals surface area (Å²) in [6, 6.07) is 5.39. The molecule has 0 unspecified atom stereocenters. The first-order chi connectivity index (χ1) is 9.66. The molecule has 5 nitrogen and oxygen atoms in total. The number of aryl methyl sites for hydroxylation is 2. The predicted molar refractivity (Wildman–Crippen MR) is 79.4 cm³/mol. The topological polar surface area (TPSA) is 72.9 Å². The van der Waals surface area contributed by atoms with Crippen LogP contribution in [0.2, 0.25) is 0 Å². The molecule has 1 heterocycles. The Bertz CT molecular complexity index is 563. The van der Waals surface area contributed by atoms with Crippen LogP contribution in [0.4, 0.5) is 5.69 Å². The molecule has 0 atom stereocenters. The molecule has 1 aromatic heterocycles. The maximum atomic E-state index is 12.0. The quantitative estimate of drug-likeness (QED) is 0.624. The average molecular weight is 272 g/mol. The Morgan fingerprint density at radius 2 is 2.25 bits per heavy atom. The second kappa shape index (κ2) is 6.75. The fraction of sp³-hybridized carbons (Fsp3) is 0.333. The molecule has 0 aliphatic carbocycles. The number of carbonyl (C=O) groups excluding carboxylic acids is 1. The maximum Gasteiger partial charge on any atom is 0.251 e. The van der Waals surface area contributed by atoms with Crippen molar-refractivity contribution < 1.29 is 4.79 Å². The fourth-order valence-electron chi connectivity index (χ4n) is 2.02. The Morgan fingerprint density at radius 1 is 1.40 bits per heavy atom. The smallest absolute Gasteiger partial charge is 0.251 e. The third kappa shape index (κ3) is 3.85. The van der Waals surface area contributed by atoms with E-state index < -0.39 is 0 Å². The van der Waals surface area contributed by atoms with Crippen LogP contribution >= 0.6 is 0 Å². The SMILES string of the molecule is Cc1ccc(N)cc1C(=O)NCCCCn1ccnc1. The minimum Gasteiger partial charge on any atom is -0.399 e. The molecule has 1 aromatic carbocycles. The Labute approximate surface area is 118 Å². The average Bonchev–Trinajstić information content (AvgIpc) is 2.94. The van der Waals surface area contributed by atoms with E-state index in [-0.39, 0.29) is 5.91 Å². The molecule has 5 heteroatoms. The van der Waals surface area contributed by atoms with Crippen molar-refractivity contribution in [2.24, 2.45) is 0 Å². The van der Waals surface area contributed by atoms with Gasteiger partial charge in [-0.3, -0.25) is 4.79 Å². The van der Waals surface area contributed by atoms with Crippen LogP contribution in [0.5, 0.6) is 0 Å². The molecule has 0 aliphatic heterocycles. The zero-order chi connectivity index (χ0) is 14.4. The first kappa shape index (κ1) is 14.1. The Hall–Kier alpha value is -2.30. The van der Waals surface area contributed by atoms with Crippen molar-refractivity contribution in [1.29, 1.82) is 0 Å². The summed E-state index contributed by atoms with van der Waals surface area (Å²) in [5.41, 5.74) is 7.91. The van der Waals surface area contributed by atoms with Gasteiger partial charge in [0, 0.05) is 36.7 Å². The Morgan fingerprint density at radius 3 is 3.00 bits per heavy atom. The number of nitrogen functional groups attached to an aromatic ring is 1. The highest BCUT2D eigenvalue weighted by Gasteiger charge is 2.08. The largest absolute Gasteiger partial charge is 0.399 e. The van der Waals surface area contributed by atoms with Gasteiger partial charge in [-0.25, -0.2) is 4.98 Å². The minimum atomic E-state index is -0.0579. The van der Waals surface area contributed by atoms with Crippen molar-refractivity contribution in [2.75, 3.05) is 12.3 Å². The summed E-state index contributed by atoms with van der Waals surface area (Å²) in [6.45, 7) is 3.50. The Balaban J connectivity index is 1.73. The number of unbranched alkanes of at least 4 members (excludes halogenated alkanes) is 1. The van der Waals surface area contributed by atoms with Gasteiger partial charge in [-0.05, 0) is 37.5 Å². The van der Waals surface area contributed by atoms with E-state index >= 15 is 0 Å². The molecule has 1 amide bonds. The van der Waals surface area contributed by atoms with E-state index in [1.54, 1.807) is 24.7 Å². The lowest BCUT2D eigenvalue weighted by Gasteiger charge is -2.08. The van der Waals surface area contributed by atoms with Gasteiger partial charge < -0.3 is 15.6 Å². The number of nitrogens with one attached hydrogen (secondary N) is 1. The lowest BCUT2D eigenvalue weighted by atomic mass is 10.1. The first-order valence-electron chi connectivity index (χ1n) is 6.77. The van der Waals surface area contributed by atoms with Gasteiger partial charge in [-0.15, -0.1) is 0 Å². The molecule has 0 radical (unpaired) electrons. The number of hydrogen-bond donors (Lipinski definition) is 2. The molecular weight excluding hydrogens is 252 g/mol. The highest BCUT2D eigenvalue weighted by molar-refractivity contribution is 5.96. The van der Waals surface area contributed by atoms with Crippen LogP contribution in [0.25, 0.3) is 0 Å². The van der Waals surface area contributed by atoms with Crippen LogP contribution in [0.1, 0.15) is 28.8 Å². The molecule has 0 bridgehead atoms. The summed E-state index contributed by atoms with van der Waals surface area (Å²) in [5, 5.41) is 2.93. The highest BCUT2D eigenvalue weighted by Crippen LogP contribution is 2.12. The number of hydrogen-bond acceptors (Lipinski definition) is 3. The van der Waals surface area contributed by atoms with Crippen LogP contribution < -0.4 is 11.1 Å². The summed E-state index contributed by atoms with van der Waals surface area (Å²) >= 11 is 0. The van der Waals surface area contributed by atoms with Gasteiger partial charge in [-0.1, -0.05) is 6.07 Å². The van der Waals surface area contributed by atoms with Gasteiger partial charge in [-0.2, -0.15) is 0 Å². The number of carbonyl (C=O) groups is 1. The van der Waals surface area contributed by atoms with Gasteiger partial charge in [0.15, 0.2) is 0 Å². The number of imidazole rings is 1. The van der Waals surface area contributed by atoms with Crippen molar-refractivity contribution in [1.82, 2.24) is 14.9 Å². The number of benzene rings is 1. The molecule has 0 saturated carbocycles. The van der Waals surface area contributed by atoms with Gasteiger partial charge in [0.2, 0.25) is 0 Å². The molecule has 0 fully saturated rings. The van der Waals surface area contributed by atoms with Gasteiger partial charge in [0.05, 0.1) is 6.33 Å². The predicted octanol–water partition coefficient (Wildman–Crippen LogP) is 1.98. The standard InChI is InChI=1S/C15H20N4O/c1-12-4-5-13(16)10-14(12)15(20)18-6-2-3-8-19-9-7-17-11-19/h4-5,7,9-11H,2-3,6,8,16H2,1H3,(H,18,20). The van der Waals surface area contributed by atoms with E-state index in [2.05, 4.69) is 10.3 Å². The van der Waals surface area contributed by atoms with E-state index in [9.17, 15) is 4.79 Å². The van der Waals surface area contributed by atoms with E-state index in [1.165, 1.54) is 0 Å². The molecule has 2 rings (SSSR count). The van der Waals surface area contributed by atoms with Gasteiger partial charge >= 0.3 is 0 Å². The van der Waals surface area contributed by atoms with E-state index in [0.29, 0.717) is 17.8 Å². The molecule has 0 spiro atoms. The van der Waals surface area contributed by atoms with Crippen LogP contribution in [-0.2, 0) is 6.54 Å². The number of nitrogens with zero attached hydrogens (tertiary/aromatic N) is 2. The number of amides is 1. The molecule has 2 aromatic rings. The van der Waals surface area contributed by atoms with Crippen LogP contribution in [0.15, 0.2) is 36.9 Å². The van der Waals surface area contributed by atoms with Crippen molar-refractivity contribution in [2.45, 2.75) is 26.3 Å². The second-order valence-electron chi connectivity index (χ2n) is 4.84. The normalized spacial score (nSPS) is 10.4. The molecule has 0 saturated heterocycles. The van der Waals surface area contributed by atoms with Crippen molar-refractivity contribution >= 4 is 11.6 Å². The number of rotatable bonds is 6. The number of nitrogens with two attached hydrogens (primary N) is 1. The second-order valence-corrected chi connectivity index (χ2v) is 4.84. The molecule has 3 N–H and O–H groups in total. The van der Waals surface area contributed by atoms with Crippen LogP contribution in [0.3, 0.4) is 0 Å².